The van der Waals surface area contributed by atoms with Gasteiger partial charge in [0.05, 0.1) is 0 Å². The van der Waals surface area contributed by atoms with Gasteiger partial charge in [-0.1, -0.05) is 70.9 Å². The van der Waals surface area contributed by atoms with E-state index in [0.717, 1.165) is 10.7 Å². The SMILES string of the molecule is CCCCCCCCc1cc(CBr)c(CBr)s1. The number of hydrogen-bond donors (Lipinski definition) is 0. The lowest BCUT2D eigenvalue weighted by molar-refractivity contribution is 0.609. The highest BCUT2D eigenvalue weighted by atomic mass is 79.9. The minimum absolute atomic E-state index is 0.987. The van der Waals surface area contributed by atoms with E-state index < -0.39 is 0 Å². The number of halogens is 2. The third-order valence-electron chi connectivity index (χ3n) is 2.99. The zero-order valence-corrected chi connectivity index (χ0v) is 14.6. The molecule has 0 spiro atoms. The molecule has 0 saturated heterocycles. The topological polar surface area (TPSA) is 0 Å². The highest BCUT2D eigenvalue weighted by Crippen LogP contribution is 2.28. The summed E-state index contributed by atoms with van der Waals surface area (Å²) in [6, 6.07) is 2.38. The van der Waals surface area contributed by atoms with Crippen LogP contribution in [0, 0.1) is 0 Å². The van der Waals surface area contributed by atoms with E-state index in [1.165, 1.54) is 55.4 Å². The Labute approximate surface area is 126 Å². The molecule has 1 heterocycles. The van der Waals surface area contributed by atoms with Crippen LogP contribution in [-0.4, -0.2) is 0 Å². The first-order valence-corrected chi connectivity index (χ1v) is 9.60. The quantitative estimate of drug-likeness (QED) is 0.341. The maximum atomic E-state index is 3.56. The molecule has 0 N–H and O–H groups in total. The van der Waals surface area contributed by atoms with Crippen molar-refractivity contribution < 1.29 is 0 Å². The summed E-state index contributed by atoms with van der Waals surface area (Å²) in [6.07, 6.45) is 9.59. The molecule has 0 atom stereocenters. The number of thiophene rings is 1. The van der Waals surface area contributed by atoms with Crippen LogP contribution in [0.4, 0.5) is 0 Å². The minimum Gasteiger partial charge on any atom is -0.144 e. The zero-order valence-electron chi connectivity index (χ0n) is 10.6. The molecule has 0 fully saturated rings. The summed E-state index contributed by atoms with van der Waals surface area (Å²) < 4.78 is 0. The van der Waals surface area contributed by atoms with Crippen molar-refractivity contribution in [3.05, 3.63) is 21.4 Å². The Morgan fingerprint density at radius 1 is 1.00 bits per heavy atom. The summed E-state index contributed by atoms with van der Waals surface area (Å²) in [6.45, 7) is 2.27. The fraction of sp³-hybridized carbons (Fsp3) is 0.714. The van der Waals surface area contributed by atoms with E-state index in [4.69, 9.17) is 0 Å². The Morgan fingerprint density at radius 2 is 1.71 bits per heavy atom. The fourth-order valence-electron chi connectivity index (χ4n) is 1.96. The largest absolute Gasteiger partial charge is 0.144 e. The van der Waals surface area contributed by atoms with E-state index in [-0.39, 0.29) is 0 Å². The van der Waals surface area contributed by atoms with Gasteiger partial charge in [-0.3, -0.25) is 0 Å². The Balaban J connectivity index is 2.24. The van der Waals surface area contributed by atoms with Gasteiger partial charge in [-0.05, 0) is 24.5 Å². The molecule has 1 rings (SSSR count). The Bertz CT molecular complexity index is 286. The molecular formula is C14H22Br2S. The predicted octanol–water partition coefficient (Wildman–Crippen LogP) is 6.44. The smallest absolute Gasteiger partial charge is 0.0380 e. The van der Waals surface area contributed by atoms with Crippen molar-refractivity contribution in [3.8, 4) is 0 Å². The lowest BCUT2D eigenvalue weighted by Crippen LogP contribution is -1.82. The van der Waals surface area contributed by atoms with Gasteiger partial charge >= 0.3 is 0 Å². The van der Waals surface area contributed by atoms with Crippen LogP contribution < -0.4 is 0 Å². The van der Waals surface area contributed by atoms with Crippen LogP contribution in [0.25, 0.3) is 0 Å². The van der Waals surface area contributed by atoms with E-state index in [9.17, 15) is 0 Å². The highest BCUT2D eigenvalue weighted by molar-refractivity contribution is 9.09. The number of aryl methyl sites for hydroxylation is 1. The van der Waals surface area contributed by atoms with Crippen LogP contribution in [0.15, 0.2) is 6.07 Å². The standard InChI is InChI=1S/C14H22Br2S/c1-2-3-4-5-6-7-8-13-9-12(10-15)14(11-16)17-13/h9H,2-8,10-11H2,1H3. The summed E-state index contributed by atoms with van der Waals surface area (Å²) in [5, 5.41) is 1.98. The fourth-order valence-corrected chi connectivity index (χ4v) is 4.43. The van der Waals surface area contributed by atoms with Gasteiger partial charge in [0.25, 0.3) is 0 Å². The normalized spacial score (nSPS) is 11.0. The predicted molar refractivity (Wildman–Crippen MR) is 86.7 cm³/mol. The molecular weight excluding hydrogens is 360 g/mol. The molecule has 0 saturated carbocycles. The molecule has 0 aromatic carbocycles. The molecule has 3 heteroatoms. The van der Waals surface area contributed by atoms with Gasteiger partial charge in [0.1, 0.15) is 0 Å². The summed E-state index contributed by atoms with van der Waals surface area (Å²) >= 11 is 9.10. The molecule has 0 aliphatic carbocycles. The summed E-state index contributed by atoms with van der Waals surface area (Å²) in [5.74, 6) is 0. The molecule has 0 aliphatic rings. The van der Waals surface area contributed by atoms with E-state index >= 15 is 0 Å². The van der Waals surface area contributed by atoms with Crippen molar-refractivity contribution >= 4 is 43.2 Å². The van der Waals surface area contributed by atoms with Crippen LogP contribution in [0.3, 0.4) is 0 Å². The number of alkyl halides is 2. The Kier molecular flexibility index (Phi) is 8.85. The first-order valence-electron chi connectivity index (χ1n) is 6.54. The first kappa shape index (κ1) is 15.7. The lowest BCUT2D eigenvalue weighted by Gasteiger charge is -1.99. The van der Waals surface area contributed by atoms with Gasteiger partial charge in [-0.2, -0.15) is 0 Å². The second-order valence-corrected chi connectivity index (χ2v) is 6.79. The summed E-state index contributed by atoms with van der Waals surface area (Å²) in [7, 11) is 0. The number of unbranched alkanes of at least 4 members (excludes halogenated alkanes) is 5. The average molecular weight is 382 g/mol. The third-order valence-corrected chi connectivity index (χ3v) is 5.76. The second-order valence-electron chi connectivity index (χ2n) is 4.45. The van der Waals surface area contributed by atoms with Crippen molar-refractivity contribution in [3.63, 3.8) is 0 Å². The number of rotatable bonds is 9. The molecule has 98 valence electrons. The molecule has 1 aromatic heterocycles. The van der Waals surface area contributed by atoms with Crippen LogP contribution >= 0.6 is 43.2 Å². The van der Waals surface area contributed by atoms with Crippen molar-refractivity contribution in [2.24, 2.45) is 0 Å². The van der Waals surface area contributed by atoms with E-state index in [2.05, 4.69) is 44.8 Å². The van der Waals surface area contributed by atoms with Gasteiger partial charge in [0, 0.05) is 20.4 Å². The van der Waals surface area contributed by atoms with E-state index in [1.54, 1.807) is 4.88 Å². The highest BCUT2D eigenvalue weighted by Gasteiger charge is 2.06. The zero-order chi connectivity index (χ0) is 12.5. The Morgan fingerprint density at radius 3 is 2.29 bits per heavy atom. The molecule has 1 aromatic rings. The molecule has 0 bridgehead atoms. The maximum absolute atomic E-state index is 3.56. The van der Waals surface area contributed by atoms with Gasteiger partial charge in [0.15, 0.2) is 0 Å². The summed E-state index contributed by atoms with van der Waals surface area (Å²) in [5.41, 5.74) is 1.47. The van der Waals surface area contributed by atoms with Gasteiger partial charge < -0.3 is 0 Å². The van der Waals surface area contributed by atoms with E-state index in [0.29, 0.717) is 0 Å². The van der Waals surface area contributed by atoms with Crippen LogP contribution in [0.1, 0.15) is 60.8 Å². The van der Waals surface area contributed by atoms with Crippen molar-refractivity contribution in [2.75, 3.05) is 0 Å². The van der Waals surface area contributed by atoms with Gasteiger partial charge in [0.2, 0.25) is 0 Å². The Hall–Kier alpha value is 0.660. The molecule has 0 unspecified atom stereocenters. The third kappa shape index (κ3) is 5.89. The number of hydrogen-bond acceptors (Lipinski definition) is 1. The first-order chi connectivity index (χ1) is 8.31. The molecule has 0 nitrogen and oxygen atoms in total. The lowest BCUT2D eigenvalue weighted by atomic mass is 10.1. The average Bonchev–Trinajstić information content (AvgIpc) is 2.76. The van der Waals surface area contributed by atoms with Crippen molar-refractivity contribution in [1.82, 2.24) is 0 Å². The molecule has 0 amide bonds. The van der Waals surface area contributed by atoms with Crippen molar-refractivity contribution in [1.29, 1.82) is 0 Å². The van der Waals surface area contributed by atoms with E-state index in [1.807, 2.05) is 11.3 Å². The van der Waals surface area contributed by atoms with Crippen molar-refractivity contribution in [2.45, 2.75) is 62.5 Å². The monoisotopic (exact) mass is 380 g/mol. The molecule has 0 aliphatic heterocycles. The molecule has 0 radical (unpaired) electrons. The minimum atomic E-state index is 0.987. The van der Waals surface area contributed by atoms with Gasteiger partial charge in [-0.25, -0.2) is 0 Å². The molecule has 17 heavy (non-hydrogen) atoms. The van der Waals surface area contributed by atoms with Gasteiger partial charge in [-0.15, -0.1) is 11.3 Å². The summed E-state index contributed by atoms with van der Waals surface area (Å²) in [4.78, 5) is 3.05. The maximum Gasteiger partial charge on any atom is 0.0380 e. The van der Waals surface area contributed by atoms with Crippen LogP contribution in [0.2, 0.25) is 0 Å². The van der Waals surface area contributed by atoms with Crippen LogP contribution in [-0.2, 0) is 17.1 Å². The second kappa shape index (κ2) is 9.57. The van der Waals surface area contributed by atoms with Crippen LogP contribution in [0.5, 0.6) is 0 Å².